The molecule has 0 heterocycles. The summed E-state index contributed by atoms with van der Waals surface area (Å²) in [6.45, 7) is 0. The average Bonchev–Trinajstić information content (AvgIpc) is 1.39. The van der Waals surface area contributed by atoms with Gasteiger partial charge in [0.15, 0.2) is 0 Å². The zero-order valence-corrected chi connectivity index (χ0v) is 25.0. The molecular weight excluding hydrogens is 601 g/mol. The molecule has 0 atom stereocenters. The first kappa shape index (κ1) is 11.0. The summed E-state index contributed by atoms with van der Waals surface area (Å²) in [6, 6.07) is -32.7. The van der Waals surface area contributed by atoms with Crippen LogP contribution < -0.4 is 0 Å². The Kier molecular flexibility index (Phi) is 2.55. The molecule has 0 fully saturated rings. The van der Waals surface area contributed by atoms with Gasteiger partial charge in [-0.05, 0) is 123 Å². The van der Waals surface area contributed by atoms with Gasteiger partial charge in [-0.1, -0.05) is 169 Å². The molecule has 10 aromatic rings. The maximum atomic E-state index is 10.2. The molecule has 0 N–H and O–H groups in total. The number of hydrogen-bond donors (Lipinski definition) is 0. The molecule has 50 heavy (non-hydrogen) atoms. The SMILES string of the molecule is [2H]c1c([2H])c(-c2c([2H])c([2H])c([2H])c3c([2H])c([2H])c([2H])c([2H])c23)c([2H])c(-c2c3c([2H])c([2H])c([2H])c([2H])c3c(-c3c([2H])c([2H])c4c([2H])c([2H])c([2H])c([2H])c4c3[2H])c3c([2H])c(-c4c([2H])c([2H])c5c([2H])c([2H])c([2H])c([2H])c5c4[2H])c([2H])c([2H])c23)c1[2H]. The van der Waals surface area contributed by atoms with Gasteiger partial charge in [0.1, 0.15) is 0 Å². The van der Waals surface area contributed by atoms with E-state index >= 15 is 0 Å². The molecule has 232 valence electrons. The fourth-order valence-electron chi connectivity index (χ4n) is 5.75. The minimum absolute atomic E-state index is 0.638. The van der Waals surface area contributed by atoms with E-state index in [1.165, 1.54) is 0 Å². The van der Waals surface area contributed by atoms with Gasteiger partial charge in [-0.3, -0.25) is 0 Å². The number of benzene rings is 10. The molecule has 0 aliphatic rings. The van der Waals surface area contributed by atoms with Crippen molar-refractivity contribution in [3.05, 3.63) is 193 Å². The first-order chi connectivity index (χ1) is 38.1. The van der Waals surface area contributed by atoms with E-state index in [9.17, 15) is 19.2 Å². The van der Waals surface area contributed by atoms with E-state index in [2.05, 4.69) is 0 Å². The molecule has 0 amide bonds. The van der Waals surface area contributed by atoms with Gasteiger partial charge < -0.3 is 0 Å². The maximum absolute atomic E-state index is 10.2. The largest absolute Gasteiger partial charge is 0.0636 e. The molecule has 10 rings (SSSR count). The molecule has 0 bridgehead atoms. The second-order valence-electron chi connectivity index (χ2n) is 10.8. The van der Waals surface area contributed by atoms with Crippen LogP contribution in [0.5, 0.6) is 0 Å². The third-order valence-corrected chi connectivity index (χ3v) is 7.94. The van der Waals surface area contributed by atoms with Crippen LogP contribution in [0.3, 0.4) is 0 Å². The van der Waals surface area contributed by atoms with E-state index in [4.69, 9.17) is 24.7 Å². The predicted octanol–water partition coefficient (Wildman–Crippen LogP) is 14.1. The van der Waals surface area contributed by atoms with Crippen LogP contribution in [-0.2, 0) is 0 Å². The van der Waals surface area contributed by atoms with Crippen LogP contribution >= 0.6 is 0 Å². The Morgan fingerprint density at radius 2 is 0.700 bits per heavy atom. The molecule has 0 aliphatic heterocycles. The highest BCUT2D eigenvalue weighted by molar-refractivity contribution is 6.22. The maximum Gasteiger partial charge on any atom is 0.0636 e. The number of hydrogen-bond acceptors (Lipinski definition) is 0. The lowest BCUT2D eigenvalue weighted by Gasteiger charge is -2.19. The lowest BCUT2D eigenvalue weighted by molar-refractivity contribution is 1.63. The number of rotatable bonds is 4. The summed E-state index contributed by atoms with van der Waals surface area (Å²) in [4.78, 5) is 0. The van der Waals surface area contributed by atoms with Crippen LogP contribution in [0.15, 0.2) is 193 Å². The monoisotopic (exact) mass is 664 g/mol. The third-order valence-electron chi connectivity index (χ3n) is 7.94. The molecule has 0 aliphatic carbocycles. The summed E-state index contributed by atoms with van der Waals surface area (Å²) in [5.41, 5.74) is -7.44. The second kappa shape index (κ2) is 11.6. The van der Waals surface area contributed by atoms with E-state index in [1.54, 1.807) is 0 Å². The molecule has 0 heteroatoms. The van der Waals surface area contributed by atoms with Crippen molar-refractivity contribution in [1.82, 2.24) is 0 Å². The van der Waals surface area contributed by atoms with Crippen molar-refractivity contribution in [2.75, 3.05) is 0 Å². The second-order valence-corrected chi connectivity index (χ2v) is 10.8. The van der Waals surface area contributed by atoms with Gasteiger partial charge in [0, 0.05) is 0 Å². The quantitative estimate of drug-likeness (QED) is 0.164. The zero-order valence-electron chi connectivity index (χ0n) is 57.0. The van der Waals surface area contributed by atoms with Crippen LogP contribution in [0.25, 0.3) is 98.4 Å². The van der Waals surface area contributed by atoms with Crippen molar-refractivity contribution in [3.63, 3.8) is 0 Å². The molecule has 0 aromatic heterocycles. The first-order valence-electron chi connectivity index (χ1n) is 30.8. The third kappa shape index (κ3) is 4.69. The van der Waals surface area contributed by atoms with Gasteiger partial charge in [-0.15, -0.1) is 0 Å². The normalized spacial score (nSPS) is 20.6. The Balaban J connectivity index is 1.58. The summed E-state index contributed by atoms with van der Waals surface area (Å²) in [5.74, 6) is 0. The topological polar surface area (TPSA) is 0 Å². The molecular formula is C50H32. The Hall–Kier alpha value is -6.50. The van der Waals surface area contributed by atoms with Crippen LogP contribution in [0, 0.1) is 0 Å². The molecule has 0 saturated carbocycles. The highest BCUT2D eigenvalue weighted by atomic mass is 14.2. The smallest absolute Gasteiger partial charge is 0.0616 e. The summed E-state index contributed by atoms with van der Waals surface area (Å²) < 4.78 is 291. The van der Waals surface area contributed by atoms with Gasteiger partial charge in [0.25, 0.3) is 0 Å². The summed E-state index contributed by atoms with van der Waals surface area (Å²) in [7, 11) is 0. The van der Waals surface area contributed by atoms with Gasteiger partial charge in [0.2, 0.25) is 0 Å². The Morgan fingerprint density at radius 1 is 0.240 bits per heavy atom. The van der Waals surface area contributed by atoms with Gasteiger partial charge >= 0.3 is 0 Å². The van der Waals surface area contributed by atoms with Crippen molar-refractivity contribution >= 4 is 53.9 Å². The van der Waals surface area contributed by atoms with Crippen molar-refractivity contribution < 1.29 is 43.9 Å². The van der Waals surface area contributed by atoms with Crippen molar-refractivity contribution in [2.45, 2.75) is 0 Å². The lowest BCUT2D eigenvalue weighted by Crippen LogP contribution is -1.92. The van der Waals surface area contributed by atoms with E-state index < -0.39 is 292 Å². The van der Waals surface area contributed by atoms with E-state index in [0.29, 0.717) is 0 Å². The van der Waals surface area contributed by atoms with Crippen molar-refractivity contribution in [2.24, 2.45) is 0 Å². The molecule has 0 saturated heterocycles. The minimum Gasteiger partial charge on any atom is -0.0616 e. The summed E-state index contributed by atoms with van der Waals surface area (Å²) in [6.07, 6.45) is 0. The van der Waals surface area contributed by atoms with Crippen molar-refractivity contribution in [3.8, 4) is 44.5 Å². The first-order valence-corrected chi connectivity index (χ1v) is 14.8. The molecule has 10 aromatic carbocycles. The fourth-order valence-corrected chi connectivity index (χ4v) is 5.75. The standard InChI is InChI=1S/C50H32/c1-3-14-36-29-38(25-23-33(36)11-1)39-27-28-47-48(32-39)50(42-26-24-34-12-2-4-15-37(34)30-42)46-21-8-7-20-45(46)49(47)41-18-9-17-40(31-41)44-22-10-16-35-13-5-6-19-43(35)44/h1-32H/i1D,2D,3D,4D,5D,6D,7D,8D,9D,10D,11D,12D,13D,14D,15D,16D,17D,18D,19D,20D,21D,22D,23D,24D,25D,26D,27D,28D,29D,30D,31D,32D. The average molecular weight is 665 g/mol. The highest BCUT2D eigenvalue weighted by Gasteiger charge is 2.18. The van der Waals surface area contributed by atoms with E-state index in [0.717, 1.165) is 0 Å². The van der Waals surface area contributed by atoms with Crippen LogP contribution in [0.4, 0.5) is 0 Å². The predicted molar refractivity (Wildman–Crippen MR) is 216 cm³/mol. The Morgan fingerprint density at radius 3 is 1.44 bits per heavy atom. The molecule has 0 nitrogen and oxygen atoms in total. The Labute approximate surface area is 336 Å². The van der Waals surface area contributed by atoms with Gasteiger partial charge in [-0.25, -0.2) is 0 Å². The van der Waals surface area contributed by atoms with Crippen LogP contribution in [0.1, 0.15) is 43.9 Å². The van der Waals surface area contributed by atoms with Gasteiger partial charge in [0.05, 0.1) is 43.9 Å². The molecule has 0 spiro atoms. The fraction of sp³-hybridized carbons (Fsp3) is 0. The summed E-state index contributed by atoms with van der Waals surface area (Å²) in [5, 5.41) is -7.81. The van der Waals surface area contributed by atoms with Crippen molar-refractivity contribution in [1.29, 1.82) is 0 Å². The minimum atomic E-state index is -1.21. The zero-order chi connectivity index (χ0) is 60.9. The van der Waals surface area contributed by atoms with E-state index in [1.807, 2.05) is 0 Å². The molecule has 0 unspecified atom stereocenters. The molecule has 0 radical (unpaired) electrons. The van der Waals surface area contributed by atoms with Gasteiger partial charge in [-0.2, -0.15) is 0 Å². The van der Waals surface area contributed by atoms with E-state index in [-0.39, 0.29) is 0 Å². The number of fused-ring (bicyclic) bond motifs is 5. The Bertz CT molecular complexity index is 4750. The van der Waals surface area contributed by atoms with Crippen LogP contribution in [-0.4, -0.2) is 0 Å². The lowest BCUT2D eigenvalue weighted by atomic mass is 9.84. The highest BCUT2D eigenvalue weighted by Crippen LogP contribution is 2.46. The summed E-state index contributed by atoms with van der Waals surface area (Å²) >= 11 is 0. The van der Waals surface area contributed by atoms with Crippen LogP contribution in [0.2, 0.25) is 0 Å².